The van der Waals surface area contributed by atoms with E-state index in [0.717, 1.165) is 12.2 Å². The van der Waals surface area contributed by atoms with Gasteiger partial charge in [-0.3, -0.25) is 4.79 Å². The first-order valence-corrected chi connectivity index (χ1v) is 4.58. The molecule has 0 fully saturated rings. The van der Waals surface area contributed by atoms with Gasteiger partial charge in [-0.25, -0.2) is 0 Å². The highest BCUT2D eigenvalue weighted by Gasteiger charge is 2.09. The van der Waals surface area contributed by atoms with E-state index in [4.69, 9.17) is 5.73 Å². The van der Waals surface area contributed by atoms with E-state index in [2.05, 4.69) is 5.32 Å². The van der Waals surface area contributed by atoms with Crippen LogP contribution in [0.4, 0.5) is 0 Å². The minimum atomic E-state index is -0.336. The van der Waals surface area contributed by atoms with Crippen LogP contribution in [0.5, 0.6) is 0 Å². The Hall–Kier alpha value is -0.220. The normalized spacial score (nSPS) is 12.7. The molecule has 0 aliphatic heterocycles. The van der Waals surface area contributed by atoms with Gasteiger partial charge < -0.3 is 11.1 Å². The molecule has 3 N–H and O–H groups in total. The molecule has 0 aliphatic rings. The fourth-order valence-electron chi connectivity index (χ4n) is 0.561. The Kier molecular flexibility index (Phi) is 5.43. The average Bonchev–Trinajstić information content (AvgIpc) is 1.98. The van der Waals surface area contributed by atoms with E-state index in [0.29, 0.717) is 0 Å². The molecule has 10 heavy (non-hydrogen) atoms. The number of hydrogen-bond acceptors (Lipinski definition) is 3. The molecule has 0 aromatic heterocycles. The average molecular weight is 162 g/mol. The van der Waals surface area contributed by atoms with Crippen molar-refractivity contribution in [1.29, 1.82) is 0 Å². The van der Waals surface area contributed by atoms with Gasteiger partial charge in [-0.05, 0) is 18.4 Å². The van der Waals surface area contributed by atoms with E-state index < -0.39 is 0 Å². The van der Waals surface area contributed by atoms with Gasteiger partial charge in [-0.1, -0.05) is 0 Å². The summed E-state index contributed by atoms with van der Waals surface area (Å²) in [5.41, 5.74) is 5.49. The predicted molar refractivity (Wildman–Crippen MR) is 45.0 cm³/mol. The van der Waals surface area contributed by atoms with Crippen LogP contribution in [0.1, 0.15) is 6.42 Å². The van der Waals surface area contributed by atoms with Gasteiger partial charge in [0.05, 0.1) is 6.04 Å². The van der Waals surface area contributed by atoms with E-state index in [1.807, 2.05) is 6.26 Å². The minimum Gasteiger partial charge on any atom is -0.358 e. The fourth-order valence-corrected chi connectivity index (χ4v) is 1.05. The smallest absolute Gasteiger partial charge is 0.236 e. The van der Waals surface area contributed by atoms with Crippen molar-refractivity contribution in [3.63, 3.8) is 0 Å². The largest absolute Gasteiger partial charge is 0.358 e. The molecular formula is C6H14N2OS. The molecule has 0 saturated heterocycles. The van der Waals surface area contributed by atoms with Crippen molar-refractivity contribution in [3.05, 3.63) is 0 Å². The van der Waals surface area contributed by atoms with Crippen molar-refractivity contribution >= 4 is 17.7 Å². The van der Waals surface area contributed by atoms with Crippen LogP contribution < -0.4 is 11.1 Å². The van der Waals surface area contributed by atoms with Crippen molar-refractivity contribution in [2.75, 3.05) is 19.1 Å². The summed E-state index contributed by atoms with van der Waals surface area (Å²) in [6.45, 7) is 0. The second-order valence-corrected chi connectivity index (χ2v) is 2.99. The molecule has 60 valence electrons. The lowest BCUT2D eigenvalue weighted by Gasteiger charge is -2.07. The first-order valence-electron chi connectivity index (χ1n) is 3.18. The number of amides is 1. The fraction of sp³-hybridized carbons (Fsp3) is 0.833. The Morgan fingerprint density at radius 2 is 2.40 bits per heavy atom. The van der Waals surface area contributed by atoms with Crippen LogP contribution in [0.2, 0.25) is 0 Å². The molecule has 4 heteroatoms. The van der Waals surface area contributed by atoms with Crippen LogP contribution in [0.15, 0.2) is 0 Å². The number of rotatable bonds is 4. The summed E-state index contributed by atoms with van der Waals surface area (Å²) >= 11 is 1.70. The molecule has 0 aliphatic carbocycles. The Balaban J connectivity index is 3.41. The molecule has 0 aromatic rings. The molecule has 3 nitrogen and oxygen atoms in total. The third-order valence-corrected chi connectivity index (χ3v) is 1.86. The summed E-state index contributed by atoms with van der Waals surface area (Å²) in [6.07, 6.45) is 2.75. The van der Waals surface area contributed by atoms with E-state index in [1.54, 1.807) is 18.8 Å². The molecular weight excluding hydrogens is 148 g/mol. The van der Waals surface area contributed by atoms with Crippen molar-refractivity contribution in [2.24, 2.45) is 5.73 Å². The number of nitrogens with one attached hydrogen (secondary N) is 1. The van der Waals surface area contributed by atoms with Gasteiger partial charge in [-0.15, -0.1) is 0 Å². The standard InChI is InChI=1S/C6H14N2OS/c1-8-6(9)5(7)3-4-10-2/h5H,3-4,7H2,1-2H3,(H,8,9). The second-order valence-electron chi connectivity index (χ2n) is 2.00. The van der Waals surface area contributed by atoms with Crippen LogP contribution in [0, 0.1) is 0 Å². The van der Waals surface area contributed by atoms with Gasteiger partial charge in [0.15, 0.2) is 0 Å². The lowest BCUT2D eigenvalue weighted by molar-refractivity contribution is -0.121. The van der Waals surface area contributed by atoms with Crippen LogP contribution in [0.3, 0.4) is 0 Å². The molecule has 0 aromatic carbocycles. The van der Waals surface area contributed by atoms with Gasteiger partial charge >= 0.3 is 0 Å². The first kappa shape index (κ1) is 9.78. The third kappa shape index (κ3) is 3.74. The Morgan fingerprint density at radius 1 is 1.80 bits per heavy atom. The first-order chi connectivity index (χ1) is 4.72. The van der Waals surface area contributed by atoms with Crippen LogP contribution in [-0.2, 0) is 4.79 Å². The maximum absolute atomic E-state index is 10.8. The predicted octanol–water partition coefficient (Wildman–Crippen LogP) is -0.187. The number of carbonyl (C=O) groups is 1. The highest BCUT2D eigenvalue weighted by atomic mass is 32.2. The summed E-state index contributed by atoms with van der Waals surface area (Å²) in [7, 11) is 1.60. The molecule has 0 radical (unpaired) electrons. The van der Waals surface area contributed by atoms with Crippen molar-refractivity contribution < 1.29 is 4.79 Å². The quantitative estimate of drug-likeness (QED) is 0.602. The molecule has 0 bridgehead atoms. The highest BCUT2D eigenvalue weighted by molar-refractivity contribution is 7.98. The van der Waals surface area contributed by atoms with E-state index in [-0.39, 0.29) is 11.9 Å². The zero-order chi connectivity index (χ0) is 7.98. The summed E-state index contributed by atoms with van der Waals surface area (Å²) in [5.74, 6) is 0.864. The van der Waals surface area contributed by atoms with Crippen molar-refractivity contribution in [3.8, 4) is 0 Å². The Bertz CT molecular complexity index is 108. The topological polar surface area (TPSA) is 55.1 Å². The number of carbonyl (C=O) groups excluding carboxylic acids is 1. The van der Waals surface area contributed by atoms with Crippen LogP contribution >= 0.6 is 11.8 Å². The van der Waals surface area contributed by atoms with Gasteiger partial charge in [0, 0.05) is 7.05 Å². The van der Waals surface area contributed by atoms with E-state index >= 15 is 0 Å². The number of nitrogens with two attached hydrogens (primary N) is 1. The summed E-state index contributed by atoms with van der Waals surface area (Å²) in [4.78, 5) is 10.8. The van der Waals surface area contributed by atoms with E-state index in [9.17, 15) is 4.79 Å². The van der Waals surface area contributed by atoms with Gasteiger partial charge in [0.2, 0.25) is 5.91 Å². The zero-order valence-corrected chi connectivity index (χ0v) is 7.20. The van der Waals surface area contributed by atoms with Crippen LogP contribution in [-0.4, -0.2) is 31.0 Å². The van der Waals surface area contributed by atoms with Gasteiger partial charge in [0.25, 0.3) is 0 Å². The molecule has 1 amide bonds. The summed E-state index contributed by atoms with van der Waals surface area (Å²) in [6, 6.07) is -0.336. The third-order valence-electron chi connectivity index (χ3n) is 1.22. The molecule has 0 spiro atoms. The maximum atomic E-state index is 10.8. The second kappa shape index (κ2) is 5.56. The number of likely N-dealkylation sites (N-methyl/N-ethyl adjacent to an activating group) is 1. The van der Waals surface area contributed by atoms with E-state index in [1.165, 1.54) is 0 Å². The summed E-state index contributed by atoms with van der Waals surface area (Å²) < 4.78 is 0. The highest BCUT2D eigenvalue weighted by Crippen LogP contribution is 1.97. The number of hydrogen-bond donors (Lipinski definition) is 2. The lowest BCUT2D eigenvalue weighted by atomic mass is 10.2. The van der Waals surface area contributed by atoms with Crippen molar-refractivity contribution in [1.82, 2.24) is 5.32 Å². The van der Waals surface area contributed by atoms with Gasteiger partial charge in [0.1, 0.15) is 0 Å². The SMILES string of the molecule is CNC(=O)C(N)CCSC. The van der Waals surface area contributed by atoms with Crippen molar-refractivity contribution in [2.45, 2.75) is 12.5 Å². The number of thioether (sulfide) groups is 1. The minimum absolute atomic E-state index is 0.0750. The lowest BCUT2D eigenvalue weighted by Crippen LogP contribution is -2.38. The molecule has 0 saturated carbocycles. The Morgan fingerprint density at radius 3 is 2.80 bits per heavy atom. The molecule has 1 unspecified atom stereocenters. The summed E-state index contributed by atoms with van der Waals surface area (Å²) in [5, 5.41) is 2.50. The molecule has 1 atom stereocenters. The zero-order valence-electron chi connectivity index (χ0n) is 6.39. The maximum Gasteiger partial charge on any atom is 0.236 e. The van der Waals surface area contributed by atoms with Crippen LogP contribution in [0.25, 0.3) is 0 Å². The molecule has 0 rings (SSSR count). The monoisotopic (exact) mass is 162 g/mol. The van der Waals surface area contributed by atoms with Gasteiger partial charge in [-0.2, -0.15) is 11.8 Å². The Labute approximate surface area is 65.7 Å². The molecule has 0 heterocycles.